The fraction of sp³-hybridized carbons (Fsp3) is 0.571. The van der Waals surface area contributed by atoms with E-state index in [9.17, 15) is 14.4 Å². The van der Waals surface area contributed by atoms with Gasteiger partial charge in [0.15, 0.2) is 17.6 Å². The molecule has 31 heavy (non-hydrogen) atoms. The highest BCUT2D eigenvalue weighted by Gasteiger charge is 2.56. The molecule has 1 saturated heterocycles. The molecular weight excluding hydrogens is 422 g/mol. The fourth-order valence-corrected chi connectivity index (χ4v) is 5.83. The molecule has 2 amide bonds. The van der Waals surface area contributed by atoms with Crippen LogP contribution in [-0.4, -0.2) is 54.5 Å². The second kappa shape index (κ2) is 7.08. The number of Topliss-reactive ketones (excluding diaryl/α,β-unsaturated/α-hetero) is 2. The van der Waals surface area contributed by atoms with Crippen LogP contribution in [0.3, 0.4) is 0 Å². The summed E-state index contributed by atoms with van der Waals surface area (Å²) in [6.45, 7) is 0.964. The molecule has 1 saturated carbocycles. The lowest BCUT2D eigenvalue weighted by atomic mass is 9.64. The monoisotopic (exact) mass is 446 g/mol. The molecule has 9 nitrogen and oxygen atoms in total. The summed E-state index contributed by atoms with van der Waals surface area (Å²) in [7, 11) is 1.61. The number of quaternary nitrogens is 1. The highest BCUT2D eigenvalue weighted by Crippen LogP contribution is 2.48. The Morgan fingerprint density at radius 2 is 1.97 bits per heavy atom. The van der Waals surface area contributed by atoms with Gasteiger partial charge in [-0.15, -0.1) is 0 Å². The van der Waals surface area contributed by atoms with Crippen molar-refractivity contribution in [2.24, 2.45) is 11.1 Å². The van der Waals surface area contributed by atoms with Gasteiger partial charge in [-0.05, 0) is 32.1 Å². The molecule has 4 aliphatic rings. The molecule has 2 aliphatic heterocycles. The van der Waals surface area contributed by atoms with E-state index in [1.54, 1.807) is 7.05 Å². The predicted molar refractivity (Wildman–Crippen MR) is 114 cm³/mol. The number of urea groups is 1. The third-order valence-electron chi connectivity index (χ3n) is 7.29. The van der Waals surface area contributed by atoms with Gasteiger partial charge in [-0.3, -0.25) is 14.5 Å². The summed E-state index contributed by atoms with van der Waals surface area (Å²) in [5, 5.41) is 0.0459. The van der Waals surface area contributed by atoms with Gasteiger partial charge in [0.2, 0.25) is 11.6 Å². The van der Waals surface area contributed by atoms with Crippen molar-refractivity contribution in [3.63, 3.8) is 0 Å². The van der Waals surface area contributed by atoms with E-state index in [4.69, 9.17) is 22.1 Å². The maximum absolute atomic E-state index is 13.5. The molecule has 2 unspecified atom stereocenters. The number of amides is 2. The summed E-state index contributed by atoms with van der Waals surface area (Å²) < 4.78 is 5.35. The number of fused-ring (bicyclic) bond motifs is 2. The number of halogens is 1. The van der Waals surface area contributed by atoms with Crippen LogP contribution in [0.25, 0.3) is 0 Å². The lowest BCUT2D eigenvalue weighted by Gasteiger charge is -2.40. The Hall–Kier alpha value is -2.36. The first-order valence-corrected chi connectivity index (χ1v) is 11.1. The molecule has 1 aromatic heterocycles. The Bertz CT molecular complexity index is 1050. The van der Waals surface area contributed by atoms with Crippen molar-refractivity contribution < 1.29 is 19.1 Å². The van der Waals surface area contributed by atoms with E-state index in [0.717, 1.165) is 12.8 Å². The summed E-state index contributed by atoms with van der Waals surface area (Å²) in [6, 6.07) is -0.212. The molecule has 164 valence electrons. The molecule has 2 N–H and O–H groups in total. The largest absolute Gasteiger partial charge is 0.432 e. The van der Waals surface area contributed by atoms with E-state index in [1.807, 2.05) is 0 Å². The Kier molecular flexibility index (Phi) is 4.69. The Balaban J connectivity index is 1.60. The van der Waals surface area contributed by atoms with Crippen LogP contribution in [0.2, 0.25) is 5.15 Å². The van der Waals surface area contributed by atoms with Crippen LogP contribution in [0.4, 0.5) is 16.3 Å². The van der Waals surface area contributed by atoms with Gasteiger partial charge in [-0.25, -0.2) is 9.78 Å². The van der Waals surface area contributed by atoms with Gasteiger partial charge in [0.05, 0.1) is 5.41 Å². The average Bonchev–Trinajstić information content (AvgIpc) is 3.33. The van der Waals surface area contributed by atoms with Gasteiger partial charge in [0.25, 0.3) is 5.82 Å². The number of ketones is 2. The summed E-state index contributed by atoms with van der Waals surface area (Å²) in [4.78, 5) is 49.4. The summed E-state index contributed by atoms with van der Waals surface area (Å²) in [5.41, 5.74) is 6.92. The van der Waals surface area contributed by atoms with Gasteiger partial charge in [0, 0.05) is 24.7 Å². The molecule has 2 fully saturated rings. The molecule has 5 rings (SSSR count). The van der Waals surface area contributed by atoms with Crippen molar-refractivity contribution in [2.45, 2.75) is 44.9 Å². The zero-order chi connectivity index (χ0) is 22.0. The molecule has 2 atom stereocenters. The smallest absolute Gasteiger partial charge is 0.401 e. The third-order valence-corrected chi connectivity index (χ3v) is 7.55. The third kappa shape index (κ3) is 2.73. The van der Waals surface area contributed by atoms with Crippen molar-refractivity contribution in [1.82, 2.24) is 14.5 Å². The quantitative estimate of drug-likeness (QED) is 0.421. The second-order valence-electron chi connectivity index (χ2n) is 8.87. The number of nitrogens with two attached hydrogens (primary N) is 1. The molecule has 0 bridgehead atoms. The minimum atomic E-state index is -0.741. The number of hydrogen-bond donors (Lipinski definition) is 1. The SMILES string of the molecule is CN1C(=O)[N+]2(CCOC2)c2nc(C(=O)C3=C(N)C4(CCCCC4=O)CCC3)nc(Cl)c21. The van der Waals surface area contributed by atoms with Crippen molar-refractivity contribution in [3.05, 3.63) is 22.2 Å². The lowest BCUT2D eigenvalue weighted by molar-refractivity contribution is -0.129. The molecule has 2 aliphatic carbocycles. The van der Waals surface area contributed by atoms with Crippen molar-refractivity contribution >= 4 is 40.7 Å². The van der Waals surface area contributed by atoms with Crippen LogP contribution in [-0.2, 0) is 9.53 Å². The van der Waals surface area contributed by atoms with E-state index in [-0.39, 0.29) is 34.0 Å². The lowest BCUT2D eigenvalue weighted by Crippen LogP contribution is -2.53. The average molecular weight is 447 g/mol. The van der Waals surface area contributed by atoms with Crippen LogP contribution in [0, 0.1) is 5.41 Å². The second-order valence-corrected chi connectivity index (χ2v) is 9.23. The number of hydrogen-bond acceptors (Lipinski definition) is 7. The van der Waals surface area contributed by atoms with E-state index in [1.165, 1.54) is 4.90 Å². The number of rotatable bonds is 2. The van der Waals surface area contributed by atoms with Gasteiger partial charge in [-0.1, -0.05) is 18.0 Å². The zero-order valence-electron chi connectivity index (χ0n) is 17.4. The standard InChI is InChI=1S/C21H24ClN5O4/c1-26-14-17(22)24-18(25-19(14)27(20(26)30)9-10-31-11-27)15(29)12-5-4-8-21(16(12)23)7-3-2-6-13(21)28/h2-11H2,1H3,(H-,23,29)/p+1. The molecular formula is C21H25ClN5O4+. The van der Waals surface area contributed by atoms with Crippen LogP contribution in [0.15, 0.2) is 11.3 Å². The minimum Gasteiger partial charge on any atom is -0.401 e. The Morgan fingerprint density at radius 3 is 2.68 bits per heavy atom. The van der Waals surface area contributed by atoms with Gasteiger partial charge < -0.3 is 10.5 Å². The normalized spacial score (nSPS) is 30.6. The van der Waals surface area contributed by atoms with Crippen molar-refractivity contribution in [1.29, 1.82) is 0 Å². The number of carbonyl (C=O) groups excluding carboxylic acids is 3. The number of carbonyl (C=O) groups is 3. The number of anilines is 1. The highest BCUT2D eigenvalue weighted by molar-refractivity contribution is 6.34. The fourth-order valence-electron chi connectivity index (χ4n) is 5.54. The number of aromatic nitrogens is 2. The summed E-state index contributed by atoms with van der Waals surface area (Å²) in [6.07, 6.45) is 4.82. The molecule has 0 radical (unpaired) electrons. The Morgan fingerprint density at radius 1 is 1.19 bits per heavy atom. The van der Waals surface area contributed by atoms with E-state index >= 15 is 0 Å². The maximum Gasteiger partial charge on any atom is 0.432 e. The maximum atomic E-state index is 13.5. The van der Waals surface area contributed by atoms with Gasteiger partial charge >= 0.3 is 6.03 Å². The molecule has 10 heteroatoms. The van der Waals surface area contributed by atoms with Crippen LogP contribution in [0.1, 0.15) is 55.6 Å². The number of ether oxygens (including phenoxy) is 1. The van der Waals surface area contributed by atoms with E-state index < -0.39 is 11.2 Å². The molecule has 0 aromatic carbocycles. The van der Waals surface area contributed by atoms with Crippen LogP contribution >= 0.6 is 11.6 Å². The van der Waals surface area contributed by atoms with E-state index in [2.05, 4.69) is 9.97 Å². The van der Waals surface area contributed by atoms with Gasteiger partial charge in [-0.2, -0.15) is 9.47 Å². The number of nitrogens with zero attached hydrogens (tertiary/aromatic N) is 4. The predicted octanol–water partition coefficient (Wildman–Crippen LogP) is 2.70. The highest BCUT2D eigenvalue weighted by atomic mass is 35.5. The summed E-state index contributed by atoms with van der Waals surface area (Å²) in [5.74, 6) is 0.00121. The molecule has 2 spiro atoms. The topological polar surface area (TPSA) is 115 Å². The van der Waals surface area contributed by atoms with Crippen molar-refractivity contribution in [3.8, 4) is 0 Å². The minimum absolute atomic E-state index is 0.0459. The first-order chi connectivity index (χ1) is 14.8. The van der Waals surface area contributed by atoms with E-state index in [0.29, 0.717) is 68.0 Å². The first-order valence-electron chi connectivity index (χ1n) is 10.7. The van der Waals surface area contributed by atoms with Crippen LogP contribution < -0.4 is 15.1 Å². The Labute approximate surface area is 184 Å². The number of allylic oxidation sites excluding steroid dienone is 2. The molecule has 1 aromatic rings. The van der Waals surface area contributed by atoms with Crippen molar-refractivity contribution in [2.75, 3.05) is 31.8 Å². The zero-order valence-corrected chi connectivity index (χ0v) is 18.2. The first kappa shape index (κ1) is 20.5. The molecule has 3 heterocycles. The van der Waals surface area contributed by atoms with Gasteiger partial charge in [0.1, 0.15) is 18.9 Å². The summed E-state index contributed by atoms with van der Waals surface area (Å²) >= 11 is 6.43. The van der Waals surface area contributed by atoms with Crippen LogP contribution in [0.5, 0.6) is 0 Å².